The first kappa shape index (κ1) is 35.8. The summed E-state index contributed by atoms with van der Waals surface area (Å²) in [6, 6.07) is 21.8. The Hall–Kier alpha value is -1.22. The van der Waals surface area contributed by atoms with Gasteiger partial charge in [-0.25, -0.2) is 0 Å². The number of allylic oxidation sites excluding steroid dienone is 8. The van der Waals surface area contributed by atoms with E-state index in [0.29, 0.717) is 5.92 Å². The molecule has 3 heteroatoms. The van der Waals surface area contributed by atoms with Crippen LogP contribution in [0.5, 0.6) is 0 Å². The summed E-state index contributed by atoms with van der Waals surface area (Å²) in [4.78, 5) is 0. The molecule has 0 aromatic heterocycles. The van der Waals surface area contributed by atoms with E-state index < -0.39 is 7.92 Å². The number of rotatable bonds is 4. The maximum atomic E-state index is 2.39. The normalized spacial score (nSPS) is 18.6. The molecule has 0 aliphatic heterocycles. The Labute approximate surface area is 255 Å². The Kier molecular flexibility index (Phi) is 21.6. The van der Waals surface area contributed by atoms with Crippen LogP contribution in [0.3, 0.4) is 0 Å². The average Bonchev–Trinajstić information content (AvgIpc) is 3.73. The summed E-state index contributed by atoms with van der Waals surface area (Å²) < 4.78 is 0. The molecule has 39 heavy (non-hydrogen) atoms. The van der Waals surface area contributed by atoms with Gasteiger partial charge in [0.25, 0.3) is 0 Å². The average molecular weight is 600 g/mol. The quantitative estimate of drug-likeness (QED) is 0.186. The molecule has 0 heterocycles. The molecule has 2 atom stereocenters. The van der Waals surface area contributed by atoms with Gasteiger partial charge >= 0.3 is 17.1 Å². The van der Waals surface area contributed by atoms with Crippen LogP contribution in [0.4, 0.5) is 0 Å². The van der Waals surface area contributed by atoms with Gasteiger partial charge in [-0.15, -0.1) is 12.0 Å². The molecule has 1 radical (unpaired) electrons. The summed E-state index contributed by atoms with van der Waals surface area (Å²) in [6.07, 6.45) is 37.6. The number of benzene rings is 2. The molecule has 2 fully saturated rings. The fourth-order valence-electron chi connectivity index (χ4n) is 4.78. The maximum absolute atomic E-state index is 2.39. The summed E-state index contributed by atoms with van der Waals surface area (Å²) in [5, 5.41) is 4.38. The molecule has 0 amide bonds. The van der Waals surface area contributed by atoms with Crippen LogP contribution in [0.1, 0.15) is 77.6 Å². The third-order valence-corrected chi connectivity index (χ3v) is 9.45. The van der Waals surface area contributed by atoms with Gasteiger partial charge in [-0.3, -0.25) is 0 Å². The van der Waals surface area contributed by atoms with Crippen molar-refractivity contribution in [3.05, 3.63) is 128 Å². The fourth-order valence-corrected chi connectivity index (χ4v) is 7.38. The second-order valence-electron chi connectivity index (χ2n) is 9.79. The van der Waals surface area contributed by atoms with Crippen LogP contribution < -0.4 is 10.6 Å². The van der Waals surface area contributed by atoms with Gasteiger partial charge < -0.3 is 19.3 Å². The molecule has 0 saturated heterocycles. The molecule has 2 aromatic rings. The molecule has 0 nitrogen and oxygen atoms in total. The second kappa shape index (κ2) is 23.5. The van der Waals surface area contributed by atoms with Gasteiger partial charge in [-0.05, 0) is 25.0 Å². The van der Waals surface area contributed by atoms with Crippen LogP contribution in [0.25, 0.3) is 0 Å². The molecule has 4 aliphatic carbocycles. The SMILES string of the molecule is C1=CCC=C1.C[CH-]C1C=CC=C1P(c1ccccc1)c1ccccc1.P.[CH-]1CCCCC1.[CH-]1CCCCC1.[Fe+3]. The fraction of sp³-hybridized carbons (Fsp3) is 0.361. The van der Waals surface area contributed by atoms with Crippen molar-refractivity contribution in [2.45, 2.75) is 77.6 Å². The van der Waals surface area contributed by atoms with Gasteiger partial charge in [-0.2, -0.15) is 42.5 Å². The van der Waals surface area contributed by atoms with Crippen LogP contribution in [0, 0.1) is 25.2 Å². The van der Waals surface area contributed by atoms with Gasteiger partial charge in [0.15, 0.2) is 0 Å². The van der Waals surface area contributed by atoms with Crippen molar-refractivity contribution in [2.75, 3.05) is 0 Å². The predicted molar refractivity (Wildman–Crippen MR) is 179 cm³/mol. The molecular formula is C36H49FeP2. The van der Waals surface area contributed by atoms with Crippen molar-refractivity contribution in [3.8, 4) is 0 Å². The third-order valence-electron chi connectivity index (χ3n) is 6.86. The zero-order valence-electron chi connectivity index (χ0n) is 23.9. The molecule has 4 aliphatic rings. The van der Waals surface area contributed by atoms with E-state index in [9.17, 15) is 0 Å². The van der Waals surface area contributed by atoms with Gasteiger partial charge in [0, 0.05) is 0 Å². The Bertz CT molecular complexity index is 870. The van der Waals surface area contributed by atoms with Crippen molar-refractivity contribution in [1.29, 1.82) is 0 Å². The van der Waals surface area contributed by atoms with Gasteiger partial charge in [0.2, 0.25) is 0 Å². The van der Waals surface area contributed by atoms with Gasteiger partial charge in [0.1, 0.15) is 0 Å². The van der Waals surface area contributed by atoms with Crippen LogP contribution in [-0.4, -0.2) is 0 Å². The van der Waals surface area contributed by atoms with Crippen molar-refractivity contribution in [2.24, 2.45) is 5.92 Å². The van der Waals surface area contributed by atoms with Crippen molar-refractivity contribution < 1.29 is 17.1 Å². The first-order valence-electron chi connectivity index (χ1n) is 14.4. The predicted octanol–water partition coefficient (Wildman–Crippen LogP) is 10.3. The Morgan fingerprint density at radius 2 is 1.13 bits per heavy atom. The maximum Gasteiger partial charge on any atom is 3.00 e. The molecule has 0 N–H and O–H groups in total. The second-order valence-corrected chi connectivity index (χ2v) is 12.0. The summed E-state index contributed by atoms with van der Waals surface area (Å²) in [6.45, 7) is 2.15. The van der Waals surface area contributed by atoms with Crippen molar-refractivity contribution >= 4 is 28.4 Å². The van der Waals surface area contributed by atoms with E-state index in [1.165, 1.54) is 80.1 Å². The summed E-state index contributed by atoms with van der Waals surface area (Å²) >= 11 is 0. The Morgan fingerprint density at radius 3 is 1.44 bits per heavy atom. The van der Waals surface area contributed by atoms with Crippen molar-refractivity contribution in [1.82, 2.24) is 0 Å². The molecule has 6 rings (SSSR count). The van der Waals surface area contributed by atoms with E-state index in [1.807, 2.05) is 0 Å². The van der Waals surface area contributed by atoms with E-state index in [2.05, 4.69) is 129 Å². The molecule has 2 unspecified atom stereocenters. The zero-order valence-corrected chi connectivity index (χ0v) is 27.3. The van der Waals surface area contributed by atoms with Crippen LogP contribution in [-0.2, 0) is 17.1 Å². The van der Waals surface area contributed by atoms with E-state index in [4.69, 9.17) is 0 Å². The topological polar surface area (TPSA) is 0 Å². The number of hydrogen-bond acceptors (Lipinski definition) is 0. The Morgan fingerprint density at radius 1 is 0.667 bits per heavy atom. The van der Waals surface area contributed by atoms with Gasteiger partial charge in [0.05, 0.1) is 0 Å². The van der Waals surface area contributed by atoms with Crippen LogP contribution >= 0.6 is 17.8 Å². The molecule has 2 aromatic carbocycles. The number of hydrogen-bond donors (Lipinski definition) is 0. The van der Waals surface area contributed by atoms with E-state index in [-0.39, 0.29) is 27.0 Å². The molecule has 0 spiro atoms. The molecule has 0 bridgehead atoms. The molecular weight excluding hydrogens is 550 g/mol. The summed E-state index contributed by atoms with van der Waals surface area (Å²) in [5.41, 5.74) is 0. The summed E-state index contributed by atoms with van der Waals surface area (Å²) in [7, 11) is -0.430. The van der Waals surface area contributed by atoms with E-state index in [1.54, 1.807) is 0 Å². The summed E-state index contributed by atoms with van der Waals surface area (Å²) in [5.74, 6) is 0.474. The van der Waals surface area contributed by atoms with E-state index >= 15 is 0 Å². The van der Waals surface area contributed by atoms with Crippen molar-refractivity contribution in [3.63, 3.8) is 0 Å². The zero-order chi connectivity index (χ0) is 25.8. The minimum Gasteiger partial charge on any atom is -0.328 e. The standard InChI is InChI=1S/C19H18P.2C6H11.C5H6.Fe.H3P/c1-2-16-10-9-15-19(16)20(17-11-5-3-6-12-17)18-13-7-4-8-14-18;2*1-2-4-6-5-3-1;1-2-4-5-3-1;;/h2-16H,1H3;2*1H,2-6H2;1-4H,5H2;;1H3/q3*-1;;+3;. The van der Waals surface area contributed by atoms with Crippen LogP contribution in [0.2, 0.25) is 0 Å². The minimum absolute atomic E-state index is 0. The third kappa shape index (κ3) is 14.3. The van der Waals surface area contributed by atoms with Gasteiger partial charge in [-0.1, -0.05) is 141 Å². The molecule has 2 saturated carbocycles. The van der Waals surface area contributed by atoms with Crippen LogP contribution in [0.15, 0.2) is 109 Å². The first-order chi connectivity index (χ1) is 18.4. The molecule has 211 valence electrons. The largest absolute Gasteiger partial charge is 3.00 e. The van der Waals surface area contributed by atoms with E-state index in [0.717, 1.165) is 6.42 Å². The smallest absolute Gasteiger partial charge is 0.328 e. The Balaban J connectivity index is 0.000000325. The minimum atomic E-state index is -0.430. The monoisotopic (exact) mass is 599 g/mol. The first-order valence-corrected chi connectivity index (χ1v) is 15.8.